The summed E-state index contributed by atoms with van der Waals surface area (Å²) in [6, 6.07) is 0.0671. The van der Waals surface area contributed by atoms with E-state index < -0.39 is 10.0 Å². The average molecular weight is 262 g/mol. The highest BCUT2D eigenvalue weighted by Crippen LogP contribution is 2.18. The first-order valence-electron chi connectivity index (χ1n) is 6.71. The molecule has 0 aromatic carbocycles. The van der Waals surface area contributed by atoms with Crippen LogP contribution in [0, 0.1) is 0 Å². The Morgan fingerprint density at radius 2 is 2.06 bits per heavy atom. The molecule has 0 aromatic heterocycles. The summed E-state index contributed by atoms with van der Waals surface area (Å²) in [6.45, 7) is 8.17. The number of unbranched alkanes of at least 4 members (excludes halogenated alkanes) is 2. The molecule has 1 unspecified atom stereocenters. The summed E-state index contributed by atoms with van der Waals surface area (Å²) in [5.41, 5.74) is 0. The summed E-state index contributed by atoms with van der Waals surface area (Å²) in [4.78, 5) is 0. The van der Waals surface area contributed by atoms with Gasteiger partial charge in [0.1, 0.15) is 0 Å². The maximum atomic E-state index is 12.5. The van der Waals surface area contributed by atoms with Crippen LogP contribution < -0.4 is 5.32 Å². The van der Waals surface area contributed by atoms with Crippen molar-refractivity contribution in [1.29, 1.82) is 0 Å². The van der Waals surface area contributed by atoms with E-state index in [1.54, 1.807) is 4.31 Å². The summed E-state index contributed by atoms with van der Waals surface area (Å²) in [7, 11) is -3.11. The Morgan fingerprint density at radius 1 is 1.35 bits per heavy atom. The summed E-state index contributed by atoms with van der Waals surface area (Å²) >= 11 is 0. The Balaban J connectivity index is 2.67. The van der Waals surface area contributed by atoms with Crippen LogP contribution in [0.15, 0.2) is 0 Å². The largest absolute Gasteiger partial charge is 0.315 e. The van der Waals surface area contributed by atoms with Crippen LogP contribution in [-0.2, 0) is 10.0 Å². The lowest BCUT2D eigenvalue weighted by atomic mass is 10.2. The van der Waals surface area contributed by atoms with Gasteiger partial charge in [0, 0.05) is 19.1 Å². The summed E-state index contributed by atoms with van der Waals surface area (Å²) in [6.07, 6.45) is 3.94. The number of hydrogen-bond acceptors (Lipinski definition) is 3. The highest BCUT2D eigenvalue weighted by molar-refractivity contribution is 7.89. The molecule has 5 heteroatoms. The Morgan fingerprint density at radius 3 is 2.53 bits per heavy atom. The van der Waals surface area contributed by atoms with Gasteiger partial charge >= 0.3 is 0 Å². The van der Waals surface area contributed by atoms with Gasteiger partial charge in [0.25, 0.3) is 0 Å². The fourth-order valence-electron chi connectivity index (χ4n) is 2.27. The summed E-state index contributed by atoms with van der Waals surface area (Å²) < 4.78 is 26.6. The standard InChI is InChI=1S/C12H26N2O2S/c1-4-5-6-9-14(11(2)3)17(15,16)12-7-8-13-10-12/h11-13H,4-10H2,1-3H3. The minimum Gasteiger partial charge on any atom is -0.315 e. The fraction of sp³-hybridized carbons (Fsp3) is 1.00. The predicted octanol–water partition coefficient (Wildman–Crippen LogP) is 1.58. The number of hydrogen-bond donors (Lipinski definition) is 1. The Hall–Kier alpha value is -0.130. The van der Waals surface area contributed by atoms with Crippen molar-refractivity contribution in [2.24, 2.45) is 0 Å². The van der Waals surface area contributed by atoms with Gasteiger partial charge in [0.15, 0.2) is 0 Å². The van der Waals surface area contributed by atoms with Crippen molar-refractivity contribution in [2.75, 3.05) is 19.6 Å². The first-order chi connectivity index (χ1) is 8.00. The molecule has 17 heavy (non-hydrogen) atoms. The first-order valence-corrected chi connectivity index (χ1v) is 8.21. The molecule has 0 saturated carbocycles. The molecule has 1 atom stereocenters. The molecule has 0 aliphatic carbocycles. The van der Waals surface area contributed by atoms with Gasteiger partial charge in [-0.05, 0) is 33.2 Å². The van der Waals surface area contributed by atoms with Crippen molar-refractivity contribution < 1.29 is 8.42 Å². The third kappa shape index (κ3) is 3.93. The number of sulfonamides is 1. The Bertz CT molecular complexity index is 308. The van der Waals surface area contributed by atoms with Crippen molar-refractivity contribution in [2.45, 2.75) is 57.7 Å². The molecule has 1 aliphatic heterocycles. The van der Waals surface area contributed by atoms with E-state index in [1.165, 1.54) is 0 Å². The third-order valence-corrected chi connectivity index (χ3v) is 5.82. The van der Waals surface area contributed by atoms with Crippen molar-refractivity contribution in [3.8, 4) is 0 Å². The molecule has 1 saturated heterocycles. The van der Waals surface area contributed by atoms with E-state index in [-0.39, 0.29) is 11.3 Å². The average Bonchev–Trinajstić information content (AvgIpc) is 2.77. The van der Waals surface area contributed by atoms with Crippen LogP contribution in [0.5, 0.6) is 0 Å². The smallest absolute Gasteiger partial charge is 0.218 e. The minimum absolute atomic E-state index is 0.0671. The van der Waals surface area contributed by atoms with Gasteiger partial charge in [-0.15, -0.1) is 0 Å². The fourth-order valence-corrected chi connectivity index (χ4v) is 4.37. The lowest BCUT2D eigenvalue weighted by molar-refractivity contribution is 0.341. The van der Waals surface area contributed by atoms with Crippen LogP contribution in [-0.4, -0.2) is 43.6 Å². The molecule has 1 aliphatic rings. The SMILES string of the molecule is CCCCCN(C(C)C)S(=O)(=O)C1CCNC1. The predicted molar refractivity (Wildman–Crippen MR) is 71.6 cm³/mol. The molecule has 102 valence electrons. The van der Waals surface area contributed by atoms with Gasteiger partial charge in [-0.25, -0.2) is 8.42 Å². The number of nitrogens with one attached hydrogen (secondary N) is 1. The third-order valence-electron chi connectivity index (χ3n) is 3.32. The molecule has 0 amide bonds. The van der Waals surface area contributed by atoms with Crippen LogP contribution >= 0.6 is 0 Å². The zero-order valence-corrected chi connectivity index (χ0v) is 12.1. The van der Waals surface area contributed by atoms with Crippen LogP contribution in [0.25, 0.3) is 0 Å². The molecular formula is C12H26N2O2S. The molecule has 4 nitrogen and oxygen atoms in total. The molecule has 0 aromatic rings. The van der Waals surface area contributed by atoms with Gasteiger partial charge in [-0.2, -0.15) is 4.31 Å². The highest BCUT2D eigenvalue weighted by Gasteiger charge is 2.34. The van der Waals surface area contributed by atoms with Crippen LogP contribution in [0.3, 0.4) is 0 Å². The van der Waals surface area contributed by atoms with Gasteiger partial charge in [0.05, 0.1) is 5.25 Å². The minimum atomic E-state index is -3.11. The van der Waals surface area contributed by atoms with E-state index in [1.807, 2.05) is 13.8 Å². The number of rotatable bonds is 7. The van der Waals surface area contributed by atoms with E-state index in [2.05, 4.69) is 12.2 Å². The summed E-state index contributed by atoms with van der Waals surface area (Å²) in [5.74, 6) is 0. The van der Waals surface area contributed by atoms with Crippen molar-refractivity contribution in [1.82, 2.24) is 9.62 Å². The molecule has 0 spiro atoms. The van der Waals surface area contributed by atoms with Crippen molar-refractivity contribution >= 4 is 10.0 Å². The van der Waals surface area contributed by atoms with E-state index in [9.17, 15) is 8.42 Å². The second-order valence-corrected chi connectivity index (χ2v) is 7.24. The van der Waals surface area contributed by atoms with Crippen molar-refractivity contribution in [3.63, 3.8) is 0 Å². The monoisotopic (exact) mass is 262 g/mol. The number of nitrogens with zero attached hydrogens (tertiary/aromatic N) is 1. The molecular weight excluding hydrogens is 236 g/mol. The Labute approximate surface area is 106 Å². The Kier molecular flexibility index (Phi) is 5.89. The zero-order chi connectivity index (χ0) is 12.9. The van der Waals surface area contributed by atoms with Gasteiger partial charge in [-0.3, -0.25) is 0 Å². The van der Waals surface area contributed by atoms with Gasteiger partial charge in [0.2, 0.25) is 10.0 Å². The van der Waals surface area contributed by atoms with Gasteiger partial charge in [-0.1, -0.05) is 19.8 Å². The zero-order valence-electron chi connectivity index (χ0n) is 11.3. The van der Waals surface area contributed by atoms with E-state index in [0.717, 1.165) is 32.2 Å². The van der Waals surface area contributed by atoms with E-state index in [4.69, 9.17) is 0 Å². The molecule has 0 radical (unpaired) electrons. The molecule has 1 rings (SSSR count). The molecule has 1 heterocycles. The molecule has 1 N–H and O–H groups in total. The van der Waals surface area contributed by atoms with Crippen LogP contribution in [0.4, 0.5) is 0 Å². The second kappa shape index (κ2) is 6.71. The maximum absolute atomic E-state index is 12.5. The summed E-state index contributed by atoms with van der Waals surface area (Å²) in [5, 5.41) is 2.92. The lowest BCUT2D eigenvalue weighted by Crippen LogP contribution is -2.44. The van der Waals surface area contributed by atoms with Crippen molar-refractivity contribution in [3.05, 3.63) is 0 Å². The van der Waals surface area contributed by atoms with E-state index >= 15 is 0 Å². The normalized spacial score (nSPS) is 21.6. The first kappa shape index (κ1) is 14.9. The molecule has 1 fully saturated rings. The van der Waals surface area contributed by atoms with Crippen LogP contribution in [0.1, 0.15) is 46.5 Å². The molecule has 0 bridgehead atoms. The topological polar surface area (TPSA) is 49.4 Å². The van der Waals surface area contributed by atoms with Crippen LogP contribution in [0.2, 0.25) is 0 Å². The second-order valence-electron chi connectivity index (χ2n) is 5.07. The quantitative estimate of drug-likeness (QED) is 0.709. The van der Waals surface area contributed by atoms with Gasteiger partial charge < -0.3 is 5.32 Å². The van der Waals surface area contributed by atoms with E-state index in [0.29, 0.717) is 13.1 Å². The highest BCUT2D eigenvalue weighted by atomic mass is 32.2. The maximum Gasteiger partial charge on any atom is 0.218 e. The lowest BCUT2D eigenvalue weighted by Gasteiger charge is -2.28.